The van der Waals surface area contributed by atoms with Gasteiger partial charge >= 0.3 is 6.09 Å². The summed E-state index contributed by atoms with van der Waals surface area (Å²) in [6.45, 7) is 2.10. The van der Waals surface area contributed by atoms with Gasteiger partial charge in [0.15, 0.2) is 11.6 Å². The van der Waals surface area contributed by atoms with Crippen LogP contribution in [0.4, 0.5) is 9.18 Å². The highest BCUT2D eigenvalue weighted by Gasteiger charge is 2.33. The van der Waals surface area contributed by atoms with Crippen molar-refractivity contribution in [2.75, 3.05) is 6.54 Å². The molecule has 1 fully saturated rings. The zero-order valence-corrected chi connectivity index (χ0v) is 9.47. The molecule has 0 aromatic heterocycles. The summed E-state index contributed by atoms with van der Waals surface area (Å²) in [5.41, 5.74) is 0. The normalized spacial score (nSPS) is 23.8. The quantitative estimate of drug-likeness (QED) is 0.861. The molecule has 1 aromatic carbocycles. The summed E-state index contributed by atoms with van der Waals surface area (Å²) in [6, 6.07) is 6.05. The van der Waals surface area contributed by atoms with Crippen LogP contribution in [0.1, 0.15) is 13.3 Å². The number of carbonyl (C=O) groups is 1. The average molecular weight is 239 g/mol. The Kier molecular flexibility index (Phi) is 3.17. The fourth-order valence-corrected chi connectivity index (χ4v) is 2.05. The smallest absolute Gasteiger partial charge is 0.407 e. The molecule has 17 heavy (non-hydrogen) atoms. The Morgan fingerprint density at radius 2 is 2.24 bits per heavy atom. The van der Waals surface area contributed by atoms with Crippen molar-refractivity contribution in [1.82, 2.24) is 4.90 Å². The minimum absolute atomic E-state index is 0.0933. The van der Waals surface area contributed by atoms with Crippen molar-refractivity contribution in [2.24, 2.45) is 0 Å². The molecule has 2 rings (SSSR count). The van der Waals surface area contributed by atoms with Crippen LogP contribution < -0.4 is 4.74 Å². The van der Waals surface area contributed by atoms with E-state index in [1.807, 2.05) is 6.92 Å². The third kappa shape index (κ3) is 2.49. The lowest BCUT2D eigenvalue weighted by Gasteiger charge is -2.16. The molecule has 5 heteroatoms. The SMILES string of the molecule is CC1C[C@H](Oc2ccccc2F)CN1C(=O)O. The van der Waals surface area contributed by atoms with E-state index in [1.165, 1.54) is 11.0 Å². The van der Waals surface area contributed by atoms with E-state index in [0.717, 1.165) is 0 Å². The van der Waals surface area contributed by atoms with Crippen LogP contribution in [0.2, 0.25) is 0 Å². The van der Waals surface area contributed by atoms with Crippen molar-refractivity contribution >= 4 is 6.09 Å². The van der Waals surface area contributed by atoms with Crippen molar-refractivity contribution in [2.45, 2.75) is 25.5 Å². The fraction of sp³-hybridized carbons (Fsp3) is 0.417. The van der Waals surface area contributed by atoms with Gasteiger partial charge in [0.2, 0.25) is 0 Å². The molecule has 4 nitrogen and oxygen atoms in total. The maximum absolute atomic E-state index is 13.3. The van der Waals surface area contributed by atoms with E-state index in [1.54, 1.807) is 18.2 Å². The molecule has 0 bridgehead atoms. The standard InChI is InChI=1S/C12H14FNO3/c1-8-6-9(7-14(8)12(15)16)17-11-5-3-2-4-10(11)13/h2-5,8-9H,6-7H2,1H3,(H,15,16)/t8?,9-/m0/s1. The number of para-hydroxylation sites is 1. The molecule has 2 atom stereocenters. The van der Waals surface area contributed by atoms with Crippen LogP contribution in [0.3, 0.4) is 0 Å². The van der Waals surface area contributed by atoms with Gasteiger partial charge in [-0.1, -0.05) is 12.1 Å². The molecule has 1 aliphatic heterocycles. The van der Waals surface area contributed by atoms with Crippen molar-refractivity contribution in [3.63, 3.8) is 0 Å². The van der Waals surface area contributed by atoms with E-state index in [0.29, 0.717) is 6.42 Å². The Hall–Kier alpha value is -1.78. The highest BCUT2D eigenvalue weighted by atomic mass is 19.1. The van der Waals surface area contributed by atoms with Crippen molar-refractivity contribution < 1.29 is 19.0 Å². The molecule has 0 aliphatic carbocycles. The van der Waals surface area contributed by atoms with Gasteiger partial charge in [0.05, 0.1) is 6.54 Å². The van der Waals surface area contributed by atoms with Crippen molar-refractivity contribution in [1.29, 1.82) is 0 Å². The lowest BCUT2D eigenvalue weighted by molar-refractivity contribution is 0.136. The number of carboxylic acid groups (broad SMARTS) is 1. The predicted octanol–water partition coefficient (Wildman–Crippen LogP) is 2.35. The Bertz CT molecular complexity index is 424. The van der Waals surface area contributed by atoms with Crippen LogP contribution in [-0.4, -0.2) is 34.8 Å². The molecule has 1 N–H and O–H groups in total. The number of ether oxygens (including phenoxy) is 1. The molecule has 1 unspecified atom stereocenters. The van der Waals surface area contributed by atoms with E-state index < -0.39 is 11.9 Å². The molecule has 0 saturated carbocycles. The van der Waals surface area contributed by atoms with Crippen LogP contribution in [-0.2, 0) is 0 Å². The number of rotatable bonds is 2. The molecule has 1 heterocycles. The molecule has 1 aromatic rings. The largest absolute Gasteiger partial charge is 0.485 e. The van der Waals surface area contributed by atoms with Gasteiger partial charge in [-0.05, 0) is 19.1 Å². The zero-order valence-electron chi connectivity index (χ0n) is 9.47. The number of hydrogen-bond donors (Lipinski definition) is 1. The van der Waals surface area contributed by atoms with Gasteiger partial charge in [-0.2, -0.15) is 0 Å². The van der Waals surface area contributed by atoms with Crippen LogP contribution >= 0.6 is 0 Å². The summed E-state index contributed by atoms with van der Waals surface area (Å²) in [4.78, 5) is 12.2. The maximum Gasteiger partial charge on any atom is 0.407 e. The molecule has 1 aliphatic rings. The number of benzene rings is 1. The monoisotopic (exact) mass is 239 g/mol. The first-order valence-corrected chi connectivity index (χ1v) is 5.48. The number of halogens is 1. The van der Waals surface area contributed by atoms with E-state index in [2.05, 4.69) is 0 Å². The van der Waals surface area contributed by atoms with Gasteiger partial charge in [-0.15, -0.1) is 0 Å². The summed E-state index contributed by atoms with van der Waals surface area (Å²) in [5, 5.41) is 8.92. The Labute approximate surface area is 98.6 Å². The highest BCUT2D eigenvalue weighted by molar-refractivity contribution is 5.65. The van der Waals surface area contributed by atoms with Gasteiger partial charge in [0.25, 0.3) is 0 Å². The van der Waals surface area contributed by atoms with Gasteiger partial charge < -0.3 is 14.7 Å². The lowest BCUT2D eigenvalue weighted by atomic mass is 10.2. The average Bonchev–Trinajstić information content (AvgIpc) is 2.63. The number of nitrogens with zero attached hydrogens (tertiary/aromatic N) is 1. The van der Waals surface area contributed by atoms with Crippen LogP contribution in [0.5, 0.6) is 5.75 Å². The summed E-state index contributed by atoms with van der Waals surface area (Å²) in [6.07, 6.45) is -0.657. The summed E-state index contributed by atoms with van der Waals surface area (Å²) in [7, 11) is 0. The van der Waals surface area contributed by atoms with E-state index in [-0.39, 0.29) is 24.4 Å². The molecular formula is C12H14FNO3. The second-order valence-corrected chi connectivity index (χ2v) is 4.19. The van der Waals surface area contributed by atoms with E-state index >= 15 is 0 Å². The summed E-state index contributed by atoms with van der Waals surface area (Å²) < 4.78 is 18.8. The molecule has 92 valence electrons. The Morgan fingerprint density at radius 3 is 2.82 bits per heavy atom. The number of amides is 1. The Balaban J connectivity index is 2.03. The predicted molar refractivity (Wildman–Crippen MR) is 59.6 cm³/mol. The highest BCUT2D eigenvalue weighted by Crippen LogP contribution is 2.24. The topological polar surface area (TPSA) is 49.8 Å². The molecular weight excluding hydrogens is 225 g/mol. The first-order valence-electron chi connectivity index (χ1n) is 5.48. The third-order valence-electron chi connectivity index (χ3n) is 2.91. The van der Waals surface area contributed by atoms with E-state index in [4.69, 9.17) is 9.84 Å². The maximum atomic E-state index is 13.3. The van der Waals surface area contributed by atoms with Gasteiger partial charge in [0, 0.05) is 12.5 Å². The second-order valence-electron chi connectivity index (χ2n) is 4.19. The molecule has 1 amide bonds. The number of hydrogen-bond acceptors (Lipinski definition) is 2. The van der Waals surface area contributed by atoms with E-state index in [9.17, 15) is 9.18 Å². The first-order chi connectivity index (χ1) is 8.08. The zero-order chi connectivity index (χ0) is 12.4. The van der Waals surface area contributed by atoms with Gasteiger partial charge in [-0.3, -0.25) is 0 Å². The minimum Gasteiger partial charge on any atom is -0.485 e. The van der Waals surface area contributed by atoms with Crippen LogP contribution in [0.25, 0.3) is 0 Å². The summed E-state index contributed by atoms with van der Waals surface area (Å²) in [5.74, 6) is -0.245. The second kappa shape index (κ2) is 4.61. The number of likely N-dealkylation sites (tertiary alicyclic amines) is 1. The Morgan fingerprint density at radius 1 is 1.53 bits per heavy atom. The molecule has 0 spiro atoms. The lowest BCUT2D eigenvalue weighted by Crippen LogP contribution is -2.33. The minimum atomic E-state index is -0.961. The first kappa shape index (κ1) is 11.7. The summed E-state index contributed by atoms with van der Waals surface area (Å²) >= 11 is 0. The van der Waals surface area contributed by atoms with Crippen LogP contribution in [0, 0.1) is 5.82 Å². The fourth-order valence-electron chi connectivity index (χ4n) is 2.05. The van der Waals surface area contributed by atoms with Crippen molar-refractivity contribution in [3.05, 3.63) is 30.1 Å². The third-order valence-corrected chi connectivity index (χ3v) is 2.91. The van der Waals surface area contributed by atoms with Gasteiger partial charge in [-0.25, -0.2) is 9.18 Å². The molecule has 0 radical (unpaired) electrons. The molecule has 1 saturated heterocycles. The van der Waals surface area contributed by atoms with Crippen molar-refractivity contribution in [3.8, 4) is 5.75 Å². The van der Waals surface area contributed by atoms with Gasteiger partial charge in [0.1, 0.15) is 6.10 Å². The van der Waals surface area contributed by atoms with Crippen LogP contribution in [0.15, 0.2) is 24.3 Å².